The molecular weight excluding hydrogens is 277 g/mol. The number of alkyl halides is 3. The van der Waals surface area contributed by atoms with Gasteiger partial charge in [0.05, 0.1) is 0 Å². The van der Waals surface area contributed by atoms with Crippen LogP contribution in [0, 0.1) is 0 Å². The van der Waals surface area contributed by atoms with Gasteiger partial charge in [-0.1, -0.05) is 0 Å². The van der Waals surface area contributed by atoms with Crippen LogP contribution < -0.4 is 16.6 Å². The number of rotatable bonds is 5. The van der Waals surface area contributed by atoms with Crippen molar-refractivity contribution in [3.05, 3.63) is 11.9 Å². The second-order valence-electron chi connectivity index (χ2n) is 4.07. The van der Waals surface area contributed by atoms with Crippen molar-refractivity contribution in [3.63, 3.8) is 0 Å². The maximum Gasteiger partial charge on any atom is 0.451 e. The van der Waals surface area contributed by atoms with Crippen LogP contribution in [0.3, 0.4) is 0 Å². The van der Waals surface area contributed by atoms with Crippen LogP contribution >= 0.6 is 0 Å². The van der Waals surface area contributed by atoms with Gasteiger partial charge in [-0.3, -0.25) is 4.79 Å². The highest BCUT2D eigenvalue weighted by Crippen LogP contribution is 2.28. The molecule has 0 aromatic carbocycles. The lowest BCUT2D eigenvalue weighted by atomic mass is 10.3. The smallest absolute Gasteiger partial charge is 0.369 e. The Balaban J connectivity index is 2.77. The van der Waals surface area contributed by atoms with Crippen LogP contribution in [-0.2, 0) is 11.0 Å². The number of hydrogen-bond donors (Lipinski definition) is 3. The maximum atomic E-state index is 12.6. The fraction of sp³-hybridized carbons (Fsp3) is 0.500. The van der Waals surface area contributed by atoms with E-state index in [9.17, 15) is 18.0 Å². The van der Waals surface area contributed by atoms with E-state index in [1.165, 1.54) is 11.0 Å². The summed E-state index contributed by atoms with van der Waals surface area (Å²) in [5, 5.41) is 2.62. The predicted molar refractivity (Wildman–Crippen MR) is 66.6 cm³/mol. The van der Waals surface area contributed by atoms with E-state index in [4.69, 9.17) is 5.84 Å². The number of anilines is 2. The average molecular weight is 292 g/mol. The van der Waals surface area contributed by atoms with Gasteiger partial charge in [-0.25, -0.2) is 15.8 Å². The van der Waals surface area contributed by atoms with Crippen LogP contribution in [0.15, 0.2) is 6.07 Å². The molecule has 1 rings (SSSR count). The molecule has 0 bridgehead atoms. The minimum Gasteiger partial charge on any atom is -0.369 e. The largest absolute Gasteiger partial charge is 0.451 e. The number of hydrogen-bond acceptors (Lipinski definition) is 6. The van der Waals surface area contributed by atoms with Crippen molar-refractivity contribution in [1.29, 1.82) is 0 Å². The zero-order chi connectivity index (χ0) is 15.3. The van der Waals surface area contributed by atoms with E-state index in [1.807, 2.05) is 5.43 Å². The molecule has 0 fully saturated rings. The summed E-state index contributed by atoms with van der Waals surface area (Å²) < 4.78 is 37.7. The molecule has 0 saturated heterocycles. The van der Waals surface area contributed by atoms with Gasteiger partial charge >= 0.3 is 6.18 Å². The number of halogens is 3. The molecule has 0 spiro atoms. The summed E-state index contributed by atoms with van der Waals surface area (Å²) in [6.07, 6.45) is -4.55. The third kappa shape index (κ3) is 4.53. The quantitative estimate of drug-likeness (QED) is 0.545. The van der Waals surface area contributed by atoms with Gasteiger partial charge in [0, 0.05) is 33.1 Å². The molecule has 0 aliphatic carbocycles. The van der Waals surface area contributed by atoms with E-state index in [0.29, 0.717) is 0 Å². The monoisotopic (exact) mass is 292 g/mol. The van der Waals surface area contributed by atoms with Crippen LogP contribution in [0.25, 0.3) is 0 Å². The van der Waals surface area contributed by atoms with Gasteiger partial charge in [0.25, 0.3) is 0 Å². The SMILES string of the molecule is CN(C)C(=O)CCNc1cc(NN)nc(C(F)(F)F)n1. The van der Waals surface area contributed by atoms with Crippen molar-refractivity contribution in [2.45, 2.75) is 12.6 Å². The summed E-state index contributed by atoms with van der Waals surface area (Å²) in [6.45, 7) is 0.148. The zero-order valence-corrected chi connectivity index (χ0v) is 11.0. The first-order chi connectivity index (χ1) is 9.24. The third-order valence-corrected chi connectivity index (χ3v) is 2.27. The van der Waals surface area contributed by atoms with E-state index >= 15 is 0 Å². The lowest BCUT2D eigenvalue weighted by Crippen LogP contribution is -2.24. The number of nitrogens with zero attached hydrogens (tertiary/aromatic N) is 3. The van der Waals surface area contributed by atoms with Crippen LogP contribution in [0.4, 0.5) is 24.8 Å². The van der Waals surface area contributed by atoms with Crippen molar-refractivity contribution in [2.75, 3.05) is 31.4 Å². The summed E-state index contributed by atoms with van der Waals surface area (Å²) >= 11 is 0. The normalized spacial score (nSPS) is 11.1. The van der Waals surface area contributed by atoms with Gasteiger partial charge in [-0.2, -0.15) is 13.2 Å². The lowest BCUT2D eigenvalue weighted by Gasteiger charge is -2.12. The van der Waals surface area contributed by atoms with Crippen LogP contribution in [0.1, 0.15) is 12.2 Å². The molecule has 0 unspecified atom stereocenters. The fourth-order valence-electron chi connectivity index (χ4n) is 1.26. The van der Waals surface area contributed by atoms with Gasteiger partial charge in [-0.15, -0.1) is 0 Å². The molecular formula is C10H15F3N6O. The molecule has 0 aliphatic heterocycles. The van der Waals surface area contributed by atoms with E-state index in [0.717, 1.165) is 0 Å². The second kappa shape index (κ2) is 6.37. The Morgan fingerprint density at radius 2 is 1.95 bits per heavy atom. The van der Waals surface area contributed by atoms with Crippen molar-refractivity contribution >= 4 is 17.5 Å². The lowest BCUT2D eigenvalue weighted by molar-refractivity contribution is -0.144. The Kier molecular flexibility index (Phi) is 5.08. The number of amides is 1. The van der Waals surface area contributed by atoms with E-state index in [-0.39, 0.29) is 30.5 Å². The summed E-state index contributed by atoms with van der Waals surface area (Å²) in [7, 11) is 3.18. The Hall–Kier alpha value is -2.10. The molecule has 0 aliphatic rings. The molecule has 112 valence electrons. The molecule has 0 atom stereocenters. The van der Waals surface area contributed by atoms with Gasteiger partial charge in [0.1, 0.15) is 11.6 Å². The molecule has 10 heteroatoms. The Morgan fingerprint density at radius 3 is 2.45 bits per heavy atom. The van der Waals surface area contributed by atoms with Crippen molar-refractivity contribution < 1.29 is 18.0 Å². The maximum absolute atomic E-state index is 12.6. The van der Waals surface area contributed by atoms with Gasteiger partial charge in [-0.05, 0) is 0 Å². The van der Waals surface area contributed by atoms with Crippen LogP contribution in [0.2, 0.25) is 0 Å². The average Bonchev–Trinajstić information content (AvgIpc) is 2.37. The molecule has 4 N–H and O–H groups in total. The standard InChI is InChI=1S/C10H15F3N6O/c1-19(2)8(20)3-4-15-6-5-7(18-14)17-9(16-6)10(11,12)13/h5H,3-4,14H2,1-2H3,(H2,15,16,17,18). The van der Waals surface area contributed by atoms with Crippen molar-refractivity contribution in [3.8, 4) is 0 Å². The first kappa shape index (κ1) is 16.0. The van der Waals surface area contributed by atoms with Gasteiger partial charge < -0.3 is 15.6 Å². The fourth-order valence-corrected chi connectivity index (χ4v) is 1.26. The van der Waals surface area contributed by atoms with Crippen molar-refractivity contribution in [1.82, 2.24) is 14.9 Å². The Bertz CT molecular complexity index is 477. The molecule has 1 amide bonds. The van der Waals surface area contributed by atoms with E-state index in [1.54, 1.807) is 14.1 Å². The Labute approximate surface area is 113 Å². The van der Waals surface area contributed by atoms with E-state index in [2.05, 4.69) is 15.3 Å². The van der Waals surface area contributed by atoms with Gasteiger partial charge in [0.15, 0.2) is 0 Å². The van der Waals surface area contributed by atoms with E-state index < -0.39 is 12.0 Å². The Morgan fingerprint density at radius 1 is 1.35 bits per heavy atom. The van der Waals surface area contributed by atoms with Gasteiger partial charge in [0.2, 0.25) is 11.7 Å². The number of carbonyl (C=O) groups excluding carboxylic acids is 1. The summed E-state index contributed by atoms with van der Waals surface area (Å²) in [6, 6.07) is 1.22. The zero-order valence-electron chi connectivity index (χ0n) is 11.0. The first-order valence-electron chi connectivity index (χ1n) is 5.61. The molecule has 1 aromatic heterocycles. The van der Waals surface area contributed by atoms with Crippen molar-refractivity contribution in [2.24, 2.45) is 5.84 Å². The summed E-state index contributed by atoms with van der Waals surface area (Å²) in [5.41, 5.74) is 2.03. The summed E-state index contributed by atoms with van der Waals surface area (Å²) in [4.78, 5) is 19.2. The molecule has 7 nitrogen and oxygen atoms in total. The number of aromatic nitrogens is 2. The highest BCUT2D eigenvalue weighted by Gasteiger charge is 2.35. The number of nitrogen functional groups attached to an aromatic ring is 1. The topological polar surface area (TPSA) is 96.2 Å². The number of carbonyl (C=O) groups is 1. The minimum atomic E-state index is -4.68. The molecule has 20 heavy (non-hydrogen) atoms. The van der Waals surface area contributed by atoms with Crippen LogP contribution in [-0.4, -0.2) is 41.4 Å². The highest BCUT2D eigenvalue weighted by atomic mass is 19.4. The number of nitrogens with two attached hydrogens (primary N) is 1. The second-order valence-corrected chi connectivity index (χ2v) is 4.07. The predicted octanol–water partition coefficient (Wildman–Crippen LogP) is 0.671. The molecule has 1 aromatic rings. The summed E-state index contributed by atoms with van der Waals surface area (Å²) in [5.74, 6) is 3.35. The minimum absolute atomic E-state index is 0.0631. The number of nitrogens with one attached hydrogen (secondary N) is 2. The molecule has 0 radical (unpaired) electrons. The molecule has 1 heterocycles. The highest BCUT2D eigenvalue weighted by molar-refractivity contribution is 5.76. The molecule has 0 saturated carbocycles. The first-order valence-corrected chi connectivity index (χ1v) is 5.61. The third-order valence-electron chi connectivity index (χ3n) is 2.27. The number of hydrazine groups is 1. The van der Waals surface area contributed by atoms with Crippen LogP contribution in [0.5, 0.6) is 0 Å².